The van der Waals surface area contributed by atoms with E-state index in [2.05, 4.69) is 9.88 Å². The third-order valence-electron chi connectivity index (χ3n) is 5.71. The molecule has 1 N–H and O–H groups in total. The van der Waals surface area contributed by atoms with Crippen molar-refractivity contribution in [1.82, 2.24) is 14.2 Å². The number of ether oxygens (including phenoxy) is 1. The molecule has 1 amide bonds. The van der Waals surface area contributed by atoms with Gasteiger partial charge in [0.2, 0.25) is 0 Å². The Morgan fingerprint density at radius 1 is 1.29 bits per heavy atom. The number of pyridine rings is 1. The van der Waals surface area contributed by atoms with Gasteiger partial charge in [-0.2, -0.15) is 4.31 Å². The number of benzene rings is 1. The molecule has 0 bridgehead atoms. The van der Waals surface area contributed by atoms with Crippen molar-refractivity contribution >= 4 is 33.7 Å². The SMILES string of the molecule is COC(=O)N([C@@H]1C[C@@H](/C=C\CCCC(=O)O)N(Cc2cccnc2)C1)S(=O)(=O)c1ccc(Cl)cc1. The molecule has 0 saturated carbocycles. The lowest BCUT2D eigenvalue weighted by Crippen LogP contribution is -2.45. The average Bonchev–Trinajstić information content (AvgIpc) is 3.20. The van der Waals surface area contributed by atoms with Crippen LogP contribution in [0.5, 0.6) is 0 Å². The van der Waals surface area contributed by atoms with E-state index in [1.54, 1.807) is 12.4 Å². The van der Waals surface area contributed by atoms with E-state index >= 15 is 0 Å². The van der Waals surface area contributed by atoms with E-state index in [4.69, 9.17) is 21.4 Å². The highest BCUT2D eigenvalue weighted by Crippen LogP contribution is 2.30. The topological polar surface area (TPSA) is 117 Å². The lowest BCUT2D eigenvalue weighted by atomic mass is 10.1. The van der Waals surface area contributed by atoms with Crippen molar-refractivity contribution in [3.05, 3.63) is 71.5 Å². The number of carboxylic acid groups (broad SMARTS) is 1. The van der Waals surface area contributed by atoms with Gasteiger partial charge in [0.15, 0.2) is 0 Å². The number of unbranched alkanes of at least 4 members (excludes halogenated alkanes) is 1. The first kappa shape index (κ1) is 26.7. The van der Waals surface area contributed by atoms with Crippen LogP contribution < -0.4 is 0 Å². The number of amides is 1. The predicted octanol–water partition coefficient (Wildman–Crippen LogP) is 3.95. The number of hydrogen-bond donors (Lipinski definition) is 1. The number of likely N-dealkylation sites (tertiary alicyclic amines) is 1. The fraction of sp³-hybridized carbons (Fsp3) is 0.375. The standard InChI is InChI=1S/C24H28ClN3O6S/c1-34-24(31)28(35(32,33)22-11-9-19(25)10-12-22)21-14-20(7-3-2-4-8-23(29)30)27(17-21)16-18-6-5-13-26-15-18/h3,5-7,9-13,15,20-21H,2,4,8,14,16-17H2,1H3,(H,29,30)/b7-3-/t20-,21-/m1/s1. The van der Waals surface area contributed by atoms with Gasteiger partial charge >= 0.3 is 12.1 Å². The van der Waals surface area contributed by atoms with Gasteiger partial charge in [-0.25, -0.2) is 13.2 Å². The summed E-state index contributed by atoms with van der Waals surface area (Å²) in [5.41, 5.74) is 0.947. The molecule has 1 aliphatic rings. The van der Waals surface area contributed by atoms with Gasteiger partial charge in [-0.05, 0) is 55.2 Å². The normalized spacial score (nSPS) is 18.6. The van der Waals surface area contributed by atoms with Crippen LogP contribution in [0.2, 0.25) is 5.02 Å². The van der Waals surface area contributed by atoms with E-state index in [1.807, 2.05) is 24.3 Å². The largest absolute Gasteiger partial charge is 0.481 e. The highest BCUT2D eigenvalue weighted by molar-refractivity contribution is 7.89. The summed E-state index contributed by atoms with van der Waals surface area (Å²) in [6.07, 6.45) is 7.83. The predicted molar refractivity (Wildman–Crippen MR) is 130 cm³/mol. The van der Waals surface area contributed by atoms with Crippen LogP contribution in [0.3, 0.4) is 0 Å². The van der Waals surface area contributed by atoms with Crippen LogP contribution in [0.1, 0.15) is 31.2 Å². The molecule has 3 rings (SSSR count). The number of carbonyl (C=O) groups excluding carboxylic acids is 1. The van der Waals surface area contributed by atoms with Crippen molar-refractivity contribution in [1.29, 1.82) is 0 Å². The van der Waals surface area contributed by atoms with E-state index in [1.165, 1.54) is 24.3 Å². The van der Waals surface area contributed by atoms with Gasteiger partial charge in [-0.15, -0.1) is 0 Å². The number of hydrogen-bond acceptors (Lipinski definition) is 7. The molecular formula is C24H28ClN3O6S. The minimum atomic E-state index is -4.20. The fourth-order valence-corrected chi connectivity index (χ4v) is 5.71. The smallest absolute Gasteiger partial charge is 0.423 e. The number of sulfonamides is 1. The van der Waals surface area contributed by atoms with Crippen LogP contribution in [0, 0.1) is 0 Å². The first-order valence-electron chi connectivity index (χ1n) is 11.1. The van der Waals surface area contributed by atoms with Crippen LogP contribution in [-0.2, 0) is 26.1 Å². The van der Waals surface area contributed by atoms with Crippen molar-refractivity contribution in [3.63, 3.8) is 0 Å². The zero-order valence-corrected chi connectivity index (χ0v) is 20.9. The van der Waals surface area contributed by atoms with Gasteiger partial charge < -0.3 is 9.84 Å². The van der Waals surface area contributed by atoms with Crippen LogP contribution in [-0.4, -0.2) is 65.5 Å². The van der Waals surface area contributed by atoms with E-state index in [-0.39, 0.29) is 17.4 Å². The maximum absolute atomic E-state index is 13.4. The molecule has 1 aliphatic heterocycles. The Bertz CT molecular complexity index is 1140. The van der Waals surface area contributed by atoms with Gasteiger partial charge in [-0.3, -0.25) is 14.7 Å². The molecule has 0 aliphatic carbocycles. The van der Waals surface area contributed by atoms with E-state index in [0.717, 1.165) is 17.0 Å². The molecule has 0 radical (unpaired) electrons. The summed E-state index contributed by atoms with van der Waals surface area (Å²) >= 11 is 5.91. The second kappa shape index (κ2) is 12.1. The maximum atomic E-state index is 13.4. The zero-order valence-electron chi connectivity index (χ0n) is 19.3. The van der Waals surface area contributed by atoms with Gasteiger partial charge in [-0.1, -0.05) is 29.8 Å². The van der Waals surface area contributed by atoms with Crippen molar-refractivity contribution in [2.24, 2.45) is 0 Å². The number of carbonyl (C=O) groups is 2. The van der Waals surface area contributed by atoms with E-state index < -0.39 is 28.1 Å². The molecule has 9 nitrogen and oxygen atoms in total. The van der Waals surface area contributed by atoms with Crippen molar-refractivity contribution < 1.29 is 27.9 Å². The van der Waals surface area contributed by atoms with Crippen LogP contribution in [0.4, 0.5) is 4.79 Å². The Hall–Kier alpha value is -2.95. The fourth-order valence-electron chi connectivity index (χ4n) is 4.06. The van der Waals surface area contributed by atoms with Gasteiger partial charge in [0.1, 0.15) is 0 Å². The molecule has 1 fully saturated rings. The zero-order chi connectivity index (χ0) is 25.4. The van der Waals surface area contributed by atoms with Crippen molar-refractivity contribution in [2.75, 3.05) is 13.7 Å². The lowest BCUT2D eigenvalue weighted by molar-refractivity contribution is -0.137. The molecule has 35 heavy (non-hydrogen) atoms. The number of carboxylic acids is 1. The van der Waals surface area contributed by atoms with Crippen molar-refractivity contribution in [3.8, 4) is 0 Å². The second-order valence-electron chi connectivity index (χ2n) is 8.19. The number of allylic oxidation sites excluding steroid dienone is 1. The number of halogens is 1. The highest BCUT2D eigenvalue weighted by atomic mass is 35.5. The Labute approximate surface area is 210 Å². The summed E-state index contributed by atoms with van der Waals surface area (Å²) < 4.78 is 32.6. The molecule has 1 aromatic heterocycles. The summed E-state index contributed by atoms with van der Waals surface area (Å²) in [7, 11) is -3.05. The summed E-state index contributed by atoms with van der Waals surface area (Å²) in [6, 6.07) is 8.53. The number of rotatable bonds is 10. The van der Waals surface area contributed by atoms with Crippen LogP contribution in [0.25, 0.3) is 0 Å². The molecule has 1 aromatic carbocycles. The van der Waals surface area contributed by atoms with E-state index in [9.17, 15) is 18.0 Å². The third kappa shape index (κ3) is 7.03. The Kier molecular flexibility index (Phi) is 9.25. The third-order valence-corrected chi connectivity index (χ3v) is 7.80. The summed E-state index contributed by atoms with van der Waals surface area (Å²) in [6.45, 7) is 0.797. The maximum Gasteiger partial charge on any atom is 0.423 e. The minimum Gasteiger partial charge on any atom is -0.481 e. The molecular weight excluding hydrogens is 494 g/mol. The van der Waals surface area contributed by atoms with Crippen LogP contribution >= 0.6 is 11.6 Å². The van der Waals surface area contributed by atoms with Gasteiger partial charge in [0.05, 0.1) is 18.0 Å². The Balaban J connectivity index is 1.87. The Morgan fingerprint density at radius 2 is 2.03 bits per heavy atom. The molecule has 188 valence electrons. The molecule has 2 heterocycles. The monoisotopic (exact) mass is 521 g/mol. The first-order valence-corrected chi connectivity index (χ1v) is 12.9. The Morgan fingerprint density at radius 3 is 2.66 bits per heavy atom. The second-order valence-corrected chi connectivity index (χ2v) is 10.4. The number of aliphatic carboxylic acids is 1. The van der Waals surface area contributed by atoms with Crippen LogP contribution in [0.15, 0.2) is 65.8 Å². The molecule has 2 aromatic rings. The highest BCUT2D eigenvalue weighted by Gasteiger charge is 2.43. The molecule has 0 unspecified atom stereocenters. The molecule has 0 spiro atoms. The number of aromatic nitrogens is 1. The summed E-state index contributed by atoms with van der Waals surface area (Å²) in [4.78, 5) is 29.6. The first-order chi connectivity index (χ1) is 16.7. The van der Waals surface area contributed by atoms with Gasteiger partial charge in [0.25, 0.3) is 10.0 Å². The van der Waals surface area contributed by atoms with Crippen molar-refractivity contribution in [2.45, 2.75) is 49.2 Å². The van der Waals surface area contributed by atoms with E-state index in [0.29, 0.717) is 37.4 Å². The molecule has 1 saturated heterocycles. The average molecular weight is 522 g/mol. The number of methoxy groups -OCH3 is 1. The summed E-state index contributed by atoms with van der Waals surface area (Å²) in [5, 5.41) is 9.22. The molecule has 11 heteroatoms. The quantitative estimate of drug-likeness (QED) is 0.369. The molecule has 2 atom stereocenters. The number of nitrogens with zero attached hydrogens (tertiary/aromatic N) is 3. The van der Waals surface area contributed by atoms with Gasteiger partial charge in [0, 0.05) is 43.0 Å². The lowest BCUT2D eigenvalue weighted by Gasteiger charge is -2.27. The minimum absolute atomic E-state index is 0.0567. The summed E-state index contributed by atoms with van der Waals surface area (Å²) in [5.74, 6) is -0.848.